The van der Waals surface area contributed by atoms with E-state index in [1.165, 1.54) is 14.2 Å². The van der Waals surface area contributed by atoms with Gasteiger partial charge < -0.3 is 28.8 Å². The molecule has 34 heavy (non-hydrogen) atoms. The van der Waals surface area contributed by atoms with Crippen molar-refractivity contribution in [3.63, 3.8) is 0 Å². The molecule has 2 aromatic carbocycles. The molecule has 0 aliphatic carbocycles. The minimum atomic E-state index is -1.23. The molecule has 2 aromatic rings. The quantitative estimate of drug-likeness (QED) is 0.182. The lowest BCUT2D eigenvalue weighted by Gasteiger charge is -2.32. The molecule has 0 fully saturated rings. The smallest absolute Gasteiger partial charge is 0.337 e. The fourth-order valence-electron chi connectivity index (χ4n) is 3.26. The second kappa shape index (κ2) is 15.4. The van der Waals surface area contributed by atoms with Gasteiger partial charge in [-0.15, -0.1) is 0 Å². The zero-order chi connectivity index (χ0) is 24.8. The van der Waals surface area contributed by atoms with Crippen molar-refractivity contribution in [2.45, 2.75) is 51.5 Å². The molecule has 0 aliphatic rings. The maximum Gasteiger partial charge on any atom is 0.337 e. The number of aliphatic hydroxyl groups excluding tert-OH is 1. The van der Waals surface area contributed by atoms with Gasteiger partial charge in [0.1, 0.15) is 25.1 Å². The van der Waals surface area contributed by atoms with E-state index >= 15 is 0 Å². The van der Waals surface area contributed by atoms with Crippen LogP contribution < -0.4 is 0 Å². The van der Waals surface area contributed by atoms with Gasteiger partial charge in [0.15, 0.2) is 6.10 Å². The number of methoxy groups -OCH3 is 2. The summed E-state index contributed by atoms with van der Waals surface area (Å²) in [6.45, 7) is 4.52. The van der Waals surface area contributed by atoms with Crippen LogP contribution in [0.5, 0.6) is 0 Å². The van der Waals surface area contributed by atoms with Crippen molar-refractivity contribution in [2.75, 3.05) is 21.0 Å². The maximum atomic E-state index is 12.4. The van der Waals surface area contributed by atoms with E-state index in [-0.39, 0.29) is 19.3 Å². The van der Waals surface area contributed by atoms with E-state index in [9.17, 15) is 9.90 Å². The van der Waals surface area contributed by atoms with Gasteiger partial charge in [-0.1, -0.05) is 86.7 Å². The van der Waals surface area contributed by atoms with Crippen LogP contribution in [0.1, 0.15) is 25.0 Å². The number of carbonyl (C=O) groups excluding carboxylic acids is 1. The van der Waals surface area contributed by atoms with Gasteiger partial charge >= 0.3 is 5.97 Å². The first-order valence-corrected chi connectivity index (χ1v) is 11.3. The molecular formula is C27H36O7. The number of hydrogen-bond donors (Lipinski definition) is 1. The molecule has 0 saturated heterocycles. The molecule has 0 spiro atoms. The minimum Gasteiger partial charge on any atom is -0.467 e. The van der Waals surface area contributed by atoms with Crippen LogP contribution in [-0.4, -0.2) is 56.5 Å². The van der Waals surface area contributed by atoms with E-state index in [1.807, 2.05) is 80.6 Å². The highest BCUT2D eigenvalue weighted by Gasteiger charge is 2.39. The predicted molar refractivity (Wildman–Crippen MR) is 129 cm³/mol. The third kappa shape index (κ3) is 9.37. The first-order valence-electron chi connectivity index (χ1n) is 11.3. The zero-order valence-corrected chi connectivity index (χ0v) is 20.3. The molecule has 2 rings (SSSR count). The molecule has 7 nitrogen and oxygen atoms in total. The lowest BCUT2D eigenvalue weighted by Crippen LogP contribution is -2.50. The van der Waals surface area contributed by atoms with Crippen LogP contribution in [0.4, 0.5) is 0 Å². The van der Waals surface area contributed by atoms with E-state index < -0.39 is 30.4 Å². The van der Waals surface area contributed by atoms with Crippen molar-refractivity contribution >= 4 is 5.97 Å². The Morgan fingerprint density at radius 3 is 2.00 bits per heavy atom. The number of carbonyl (C=O) groups is 1. The summed E-state index contributed by atoms with van der Waals surface area (Å²) in [5.41, 5.74) is 1.90. The molecule has 186 valence electrons. The van der Waals surface area contributed by atoms with Crippen LogP contribution in [0.3, 0.4) is 0 Å². The van der Waals surface area contributed by atoms with Crippen molar-refractivity contribution in [3.8, 4) is 0 Å². The molecule has 4 atom stereocenters. The second-order valence-corrected chi connectivity index (χ2v) is 8.14. The van der Waals surface area contributed by atoms with Gasteiger partial charge in [0.2, 0.25) is 0 Å². The van der Waals surface area contributed by atoms with E-state index in [0.29, 0.717) is 6.61 Å². The Hall–Kier alpha value is -2.55. The molecule has 0 unspecified atom stereocenters. The summed E-state index contributed by atoms with van der Waals surface area (Å²) < 4.78 is 27.7. The van der Waals surface area contributed by atoms with E-state index in [2.05, 4.69) is 0 Å². The van der Waals surface area contributed by atoms with E-state index in [1.54, 1.807) is 6.08 Å². The van der Waals surface area contributed by atoms with Crippen molar-refractivity contribution in [2.24, 2.45) is 5.92 Å². The highest BCUT2D eigenvalue weighted by Crippen LogP contribution is 2.19. The summed E-state index contributed by atoms with van der Waals surface area (Å²) in [4.78, 5) is 12.4. The van der Waals surface area contributed by atoms with E-state index in [4.69, 9.17) is 23.7 Å². The Morgan fingerprint density at radius 2 is 1.47 bits per heavy atom. The molecule has 0 radical (unpaired) electrons. The molecule has 0 saturated carbocycles. The SMILES string of the molecule is COC(=O)[C@H](OC)[C@H](OCc1ccccc1)[C@@H](O)[C@@H](/C=C/C(C)C)OCOCc1ccccc1. The van der Waals surface area contributed by atoms with Crippen molar-refractivity contribution < 1.29 is 33.6 Å². The van der Waals surface area contributed by atoms with Crippen LogP contribution in [0.25, 0.3) is 0 Å². The third-order valence-electron chi connectivity index (χ3n) is 5.09. The van der Waals surface area contributed by atoms with Crippen molar-refractivity contribution in [3.05, 3.63) is 83.9 Å². The highest BCUT2D eigenvalue weighted by atomic mass is 16.7. The predicted octanol–water partition coefficient (Wildman–Crippen LogP) is 3.89. The standard InChI is InChI=1S/C27H36O7/c1-20(2)15-16-23(34-19-32-17-21-11-7-5-8-12-21)24(28)25(26(30-3)27(29)31-4)33-18-22-13-9-6-10-14-22/h5-16,20,23-26,28H,17-19H2,1-4H3/b16-15+/t23-,24+,25-,26-/m1/s1. The number of rotatable bonds is 15. The Bertz CT molecular complexity index is 839. The van der Waals surface area contributed by atoms with Crippen LogP contribution in [0.2, 0.25) is 0 Å². The Morgan fingerprint density at radius 1 is 0.882 bits per heavy atom. The second-order valence-electron chi connectivity index (χ2n) is 8.14. The molecular weight excluding hydrogens is 436 g/mol. The summed E-state index contributed by atoms with van der Waals surface area (Å²) in [6.07, 6.45) is -0.561. The van der Waals surface area contributed by atoms with Gasteiger partial charge in [-0.3, -0.25) is 0 Å². The largest absolute Gasteiger partial charge is 0.467 e. The van der Waals surface area contributed by atoms with Crippen LogP contribution >= 0.6 is 0 Å². The molecule has 0 aromatic heterocycles. The number of hydrogen-bond acceptors (Lipinski definition) is 7. The Balaban J connectivity index is 2.14. The lowest BCUT2D eigenvalue weighted by atomic mass is 10.0. The van der Waals surface area contributed by atoms with Gasteiger partial charge in [0, 0.05) is 7.11 Å². The van der Waals surface area contributed by atoms with Crippen LogP contribution in [0.15, 0.2) is 72.8 Å². The number of benzene rings is 2. The fourth-order valence-corrected chi connectivity index (χ4v) is 3.26. The number of aliphatic hydroxyl groups is 1. The Labute approximate surface area is 202 Å². The molecule has 0 bridgehead atoms. The summed E-state index contributed by atoms with van der Waals surface area (Å²) in [6, 6.07) is 19.2. The highest BCUT2D eigenvalue weighted by molar-refractivity contribution is 5.75. The molecule has 0 amide bonds. The topological polar surface area (TPSA) is 83.5 Å². The van der Waals surface area contributed by atoms with Crippen LogP contribution in [0, 0.1) is 5.92 Å². The third-order valence-corrected chi connectivity index (χ3v) is 5.09. The summed E-state index contributed by atoms with van der Waals surface area (Å²) in [5, 5.41) is 11.3. The molecule has 0 heterocycles. The fraction of sp³-hybridized carbons (Fsp3) is 0.444. The lowest BCUT2D eigenvalue weighted by molar-refractivity contribution is -0.188. The monoisotopic (exact) mass is 472 g/mol. The maximum absolute atomic E-state index is 12.4. The first-order chi connectivity index (χ1) is 16.5. The molecule has 7 heteroatoms. The minimum absolute atomic E-state index is 0.0552. The van der Waals surface area contributed by atoms with Crippen LogP contribution in [-0.2, 0) is 41.7 Å². The summed E-state index contributed by atoms with van der Waals surface area (Å²) >= 11 is 0. The normalized spacial score (nSPS) is 15.2. The van der Waals surface area contributed by atoms with E-state index in [0.717, 1.165) is 11.1 Å². The van der Waals surface area contributed by atoms with Gasteiger partial charge in [-0.2, -0.15) is 0 Å². The molecule has 1 N–H and O–H groups in total. The van der Waals surface area contributed by atoms with Crippen molar-refractivity contribution in [1.82, 2.24) is 0 Å². The van der Waals surface area contributed by atoms with Gasteiger partial charge in [-0.25, -0.2) is 4.79 Å². The summed E-state index contributed by atoms with van der Waals surface area (Å²) in [7, 11) is 2.63. The Kier molecular flexibility index (Phi) is 12.5. The van der Waals surface area contributed by atoms with Gasteiger partial charge in [0.05, 0.1) is 20.3 Å². The average Bonchev–Trinajstić information content (AvgIpc) is 2.86. The molecule has 0 aliphatic heterocycles. The average molecular weight is 473 g/mol. The number of esters is 1. The van der Waals surface area contributed by atoms with Gasteiger partial charge in [-0.05, 0) is 17.0 Å². The zero-order valence-electron chi connectivity index (χ0n) is 20.3. The van der Waals surface area contributed by atoms with Crippen molar-refractivity contribution in [1.29, 1.82) is 0 Å². The van der Waals surface area contributed by atoms with Gasteiger partial charge in [0.25, 0.3) is 0 Å². The number of allylic oxidation sites excluding steroid dienone is 1. The first kappa shape index (κ1) is 27.7. The number of ether oxygens (including phenoxy) is 5. The summed E-state index contributed by atoms with van der Waals surface area (Å²) in [5.74, 6) is -0.419.